The van der Waals surface area contributed by atoms with Gasteiger partial charge in [-0.1, -0.05) is 58.4 Å². The molecule has 4 nitrogen and oxygen atoms in total. The van der Waals surface area contributed by atoms with Crippen LogP contribution in [0, 0.1) is 0 Å². The Kier molecular flexibility index (Phi) is 5.18. The topological polar surface area (TPSA) is 59.3 Å². The Morgan fingerprint density at radius 3 is 2.33 bits per heavy atom. The van der Waals surface area contributed by atoms with Gasteiger partial charge in [-0.2, -0.15) is 0 Å². The van der Waals surface area contributed by atoms with E-state index in [0.717, 1.165) is 15.6 Å². The van der Waals surface area contributed by atoms with Crippen LogP contribution >= 0.6 is 15.9 Å². The van der Waals surface area contributed by atoms with Crippen molar-refractivity contribution in [1.29, 1.82) is 0 Å². The average Bonchev–Trinajstić information content (AvgIpc) is 3.03. The lowest BCUT2D eigenvalue weighted by Crippen LogP contribution is -2.24. The molecule has 0 saturated carbocycles. The first-order valence-electron chi connectivity index (χ1n) is 7.38. The summed E-state index contributed by atoms with van der Waals surface area (Å²) in [6, 6.07) is 20.4. The third-order valence-corrected chi connectivity index (χ3v) is 5.28. The van der Waals surface area contributed by atoms with Gasteiger partial charge < -0.3 is 4.42 Å². The molecule has 124 valence electrons. The number of halogens is 1. The van der Waals surface area contributed by atoms with Crippen LogP contribution in [0.25, 0.3) is 11.3 Å². The monoisotopic (exact) mass is 405 g/mol. The minimum Gasteiger partial charge on any atom is -0.460 e. The smallest absolute Gasteiger partial charge is 0.216 e. The highest BCUT2D eigenvalue weighted by molar-refractivity contribution is 9.10. The number of sulfonamides is 1. The van der Waals surface area contributed by atoms with Crippen molar-refractivity contribution in [3.8, 4) is 11.3 Å². The molecule has 1 aromatic heterocycles. The van der Waals surface area contributed by atoms with E-state index in [1.165, 1.54) is 0 Å². The number of furan rings is 1. The molecule has 0 amide bonds. The molecule has 0 unspecified atom stereocenters. The molecule has 0 atom stereocenters. The van der Waals surface area contributed by atoms with Gasteiger partial charge in [-0.05, 0) is 29.8 Å². The fourth-order valence-corrected chi connectivity index (χ4v) is 3.63. The van der Waals surface area contributed by atoms with Crippen LogP contribution in [-0.4, -0.2) is 8.42 Å². The largest absolute Gasteiger partial charge is 0.460 e. The SMILES string of the molecule is O=S(=O)(Cc1ccccc1)NCc1ccc(-c2ccc(Br)cc2)o1. The van der Waals surface area contributed by atoms with Gasteiger partial charge in [-0.3, -0.25) is 0 Å². The molecule has 0 bridgehead atoms. The van der Waals surface area contributed by atoms with Crippen molar-refractivity contribution < 1.29 is 12.8 Å². The van der Waals surface area contributed by atoms with Gasteiger partial charge in [0.25, 0.3) is 0 Å². The zero-order valence-electron chi connectivity index (χ0n) is 12.8. The summed E-state index contributed by atoms with van der Waals surface area (Å²) in [6.45, 7) is 0.131. The summed E-state index contributed by atoms with van der Waals surface area (Å²) in [5.41, 5.74) is 1.69. The molecule has 2 aromatic carbocycles. The van der Waals surface area contributed by atoms with Gasteiger partial charge >= 0.3 is 0 Å². The lowest BCUT2D eigenvalue weighted by Gasteiger charge is -2.05. The van der Waals surface area contributed by atoms with Crippen molar-refractivity contribution in [2.75, 3.05) is 0 Å². The Labute approximate surface area is 149 Å². The highest BCUT2D eigenvalue weighted by Gasteiger charge is 2.13. The van der Waals surface area contributed by atoms with Crippen LogP contribution in [0.4, 0.5) is 0 Å². The van der Waals surface area contributed by atoms with Crippen LogP contribution in [0.5, 0.6) is 0 Å². The maximum atomic E-state index is 12.1. The van der Waals surface area contributed by atoms with Crippen molar-refractivity contribution in [2.45, 2.75) is 12.3 Å². The van der Waals surface area contributed by atoms with E-state index in [1.807, 2.05) is 48.5 Å². The molecule has 0 saturated heterocycles. The molecule has 0 aliphatic rings. The first-order valence-corrected chi connectivity index (χ1v) is 9.82. The molecule has 0 spiro atoms. The Hall–Kier alpha value is -1.89. The maximum absolute atomic E-state index is 12.1. The van der Waals surface area contributed by atoms with Gasteiger partial charge in [0.05, 0.1) is 12.3 Å². The van der Waals surface area contributed by atoms with Crippen LogP contribution in [0.3, 0.4) is 0 Å². The minimum atomic E-state index is -3.41. The fraction of sp³-hybridized carbons (Fsp3) is 0.111. The van der Waals surface area contributed by atoms with Crippen molar-refractivity contribution in [3.63, 3.8) is 0 Å². The van der Waals surface area contributed by atoms with E-state index in [2.05, 4.69) is 20.7 Å². The molecule has 0 fully saturated rings. The second kappa shape index (κ2) is 7.34. The number of hydrogen-bond acceptors (Lipinski definition) is 3. The van der Waals surface area contributed by atoms with Crippen LogP contribution < -0.4 is 4.72 Å². The quantitative estimate of drug-likeness (QED) is 0.663. The predicted octanol–water partition coefficient (Wildman–Crippen LogP) is 4.33. The van der Waals surface area contributed by atoms with Crippen LogP contribution in [0.1, 0.15) is 11.3 Å². The number of benzene rings is 2. The normalized spacial score (nSPS) is 11.5. The van der Waals surface area contributed by atoms with E-state index in [4.69, 9.17) is 4.42 Å². The standard InChI is InChI=1S/C18H16BrNO3S/c19-16-8-6-15(7-9-16)18-11-10-17(23-18)12-20-24(21,22)13-14-4-2-1-3-5-14/h1-11,20H,12-13H2. The molecular weight excluding hydrogens is 390 g/mol. The highest BCUT2D eigenvalue weighted by Crippen LogP contribution is 2.24. The summed E-state index contributed by atoms with van der Waals surface area (Å²) in [5, 5.41) is 0. The van der Waals surface area contributed by atoms with E-state index in [0.29, 0.717) is 11.5 Å². The zero-order valence-corrected chi connectivity index (χ0v) is 15.2. The molecule has 1 N–H and O–H groups in total. The third kappa shape index (κ3) is 4.56. The van der Waals surface area contributed by atoms with Crippen LogP contribution in [0.2, 0.25) is 0 Å². The maximum Gasteiger partial charge on any atom is 0.216 e. The molecule has 3 rings (SSSR count). The molecular formula is C18H16BrNO3S. The van der Waals surface area contributed by atoms with E-state index >= 15 is 0 Å². The lowest BCUT2D eigenvalue weighted by molar-refractivity contribution is 0.509. The molecule has 3 aromatic rings. The number of nitrogens with one attached hydrogen (secondary N) is 1. The molecule has 0 aliphatic carbocycles. The summed E-state index contributed by atoms with van der Waals surface area (Å²) in [6.07, 6.45) is 0. The summed E-state index contributed by atoms with van der Waals surface area (Å²) < 4.78 is 33.5. The Bertz CT molecular complexity index is 903. The second-order valence-corrected chi connectivity index (χ2v) is 8.06. The van der Waals surface area contributed by atoms with Crippen molar-refractivity contribution >= 4 is 26.0 Å². The van der Waals surface area contributed by atoms with Gasteiger partial charge in [0.2, 0.25) is 10.0 Å². The van der Waals surface area contributed by atoms with Crippen molar-refractivity contribution in [1.82, 2.24) is 4.72 Å². The first kappa shape index (κ1) is 17.0. The number of hydrogen-bond donors (Lipinski definition) is 1. The summed E-state index contributed by atoms with van der Waals surface area (Å²) in [5.74, 6) is 1.23. The Balaban J connectivity index is 1.63. The average molecular weight is 406 g/mol. The van der Waals surface area contributed by atoms with Gasteiger partial charge in [-0.25, -0.2) is 13.1 Å². The third-order valence-electron chi connectivity index (χ3n) is 3.46. The van der Waals surface area contributed by atoms with Gasteiger partial charge in [0.15, 0.2) is 0 Å². The zero-order chi connectivity index (χ0) is 17.0. The van der Waals surface area contributed by atoms with E-state index in [-0.39, 0.29) is 12.3 Å². The highest BCUT2D eigenvalue weighted by atomic mass is 79.9. The summed E-state index contributed by atoms with van der Waals surface area (Å²) in [7, 11) is -3.41. The van der Waals surface area contributed by atoms with Crippen molar-refractivity contribution in [3.05, 3.63) is 82.5 Å². The van der Waals surface area contributed by atoms with Crippen molar-refractivity contribution in [2.24, 2.45) is 0 Å². The van der Waals surface area contributed by atoms with Gasteiger partial charge in [0.1, 0.15) is 11.5 Å². The Morgan fingerprint density at radius 2 is 1.62 bits per heavy atom. The molecule has 0 radical (unpaired) electrons. The molecule has 24 heavy (non-hydrogen) atoms. The molecule has 1 heterocycles. The second-order valence-electron chi connectivity index (χ2n) is 5.34. The van der Waals surface area contributed by atoms with Crippen LogP contribution in [0.15, 0.2) is 75.6 Å². The summed E-state index contributed by atoms with van der Waals surface area (Å²) >= 11 is 3.39. The van der Waals surface area contributed by atoms with Crippen LogP contribution in [-0.2, 0) is 22.3 Å². The van der Waals surface area contributed by atoms with Gasteiger partial charge in [-0.15, -0.1) is 0 Å². The summed E-state index contributed by atoms with van der Waals surface area (Å²) in [4.78, 5) is 0. The minimum absolute atomic E-state index is 0.0475. The van der Waals surface area contributed by atoms with Gasteiger partial charge in [0, 0.05) is 10.0 Å². The molecule has 0 aliphatic heterocycles. The predicted molar refractivity (Wildman–Crippen MR) is 97.7 cm³/mol. The van der Waals surface area contributed by atoms with E-state index in [9.17, 15) is 8.42 Å². The first-order chi connectivity index (χ1) is 11.5. The lowest BCUT2D eigenvalue weighted by atomic mass is 10.2. The number of rotatable bonds is 6. The van der Waals surface area contributed by atoms with E-state index in [1.54, 1.807) is 18.2 Å². The fourth-order valence-electron chi connectivity index (χ4n) is 2.27. The molecule has 6 heteroatoms. The van der Waals surface area contributed by atoms with E-state index < -0.39 is 10.0 Å². The Morgan fingerprint density at radius 1 is 0.917 bits per heavy atom.